The van der Waals surface area contributed by atoms with Gasteiger partial charge in [0.15, 0.2) is 0 Å². The Balaban J connectivity index is 1.36. The number of Topliss-reactive ketones (excluding diaryl/α,β-unsaturated/α-hetero) is 1. The van der Waals surface area contributed by atoms with Gasteiger partial charge >= 0.3 is 11.7 Å². The summed E-state index contributed by atoms with van der Waals surface area (Å²) >= 11 is 0. The number of aromatic amines is 1. The molecule has 2 aromatic rings. The van der Waals surface area contributed by atoms with Crippen LogP contribution in [0.15, 0.2) is 34.6 Å². The summed E-state index contributed by atoms with van der Waals surface area (Å²) in [6.45, 7) is 14.1. The third-order valence-corrected chi connectivity index (χ3v) is 11.3. The first-order chi connectivity index (χ1) is 19.7. The summed E-state index contributed by atoms with van der Waals surface area (Å²) in [5.41, 5.74) is -1.53. The first-order valence-electron chi connectivity index (χ1n) is 15.0. The molecule has 0 aliphatic heterocycles. The fourth-order valence-corrected chi connectivity index (χ4v) is 8.38. The molecule has 2 aromatic heterocycles. The number of nitrogens with zero attached hydrogens (tertiary/aromatic N) is 4. The number of carbonyl (C=O) groups excluding carboxylic acids is 2. The van der Waals surface area contributed by atoms with E-state index in [2.05, 4.69) is 42.6 Å². The quantitative estimate of drug-likeness (QED) is 0.374. The number of ketones is 1. The molecule has 3 aliphatic rings. The molecular formula is C31H43N5O6. The summed E-state index contributed by atoms with van der Waals surface area (Å²) in [5.74, 6) is -0.518. The standard InChI is InChI=1S/C31H43N5O6/c1-7-29(5)14-23(30(6)19(3)8-11-31(20(4)26(29)39)12-9-22(37)25(30)31)42-24(38)17-36-16-21(33-34-36)10-13-35-15-18(2)27(40)32-28(35)41/h7,15-16,19-20,23,25-26,39H,1,8-14,17H2,2-6H3,(H,32,40,41)/t19-,20+,23-,25-,26+,29-,30+,31+/m1/s1. The Hall–Kier alpha value is -3.34. The topological polar surface area (TPSA) is 149 Å². The highest BCUT2D eigenvalue weighted by Gasteiger charge is 2.68. The van der Waals surface area contributed by atoms with Crippen molar-refractivity contribution in [2.24, 2.45) is 34.0 Å². The van der Waals surface area contributed by atoms with Crippen molar-refractivity contribution < 1.29 is 19.4 Å². The van der Waals surface area contributed by atoms with Gasteiger partial charge < -0.3 is 9.84 Å². The van der Waals surface area contributed by atoms with E-state index in [1.807, 2.05) is 6.92 Å². The zero-order chi connectivity index (χ0) is 30.6. The Kier molecular flexibility index (Phi) is 7.70. The van der Waals surface area contributed by atoms with Crippen LogP contribution in [0, 0.1) is 40.9 Å². The van der Waals surface area contributed by atoms with Crippen molar-refractivity contribution in [1.82, 2.24) is 24.5 Å². The number of aromatic nitrogens is 5. The number of hydrogen-bond acceptors (Lipinski definition) is 8. The van der Waals surface area contributed by atoms with Crippen LogP contribution >= 0.6 is 0 Å². The normalized spacial score (nSPS) is 36.1. The van der Waals surface area contributed by atoms with Gasteiger partial charge in [0.05, 0.1) is 11.8 Å². The molecule has 11 heteroatoms. The molecular weight excluding hydrogens is 538 g/mol. The lowest BCUT2D eigenvalue weighted by Gasteiger charge is -2.61. The van der Waals surface area contributed by atoms with Gasteiger partial charge in [-0.15, -0.1) is 11.7 Å². The minimum absolute atomic E-state index is 0.0927. The van der Waals surface area contributed by atoms with Gasteiger partial charge in [-0.25, -0.2) is 9.48 Å². The molecule has 5 rings (SSSR count). The number of ether oxygens (including phenoxy) is 1. The third-order valence-electron chi connectivity index (χ3n) is 11.3. The Bertz CT molecular complexity index is 1510. The number of aryl methyl sites for hydroxylation is 3. The Labute approximate surface area is 245 Å². The van der Waals surface area contributed by atoms with E-state index in [-0.39, 0.29) is 42.0 Å². The van der Waals surface area contributed by atoms with E-state index in [9.17, 15) is 24.3 Å². The molecule has 0 spiro atoms. The van der Waals surface area contributed by atoms with Crippen LogP contribution in [0.25, 0.3) is 0 Å². The number of esters is 1. The van der Waals surface area contributed by atoms with Crippen LogP contribution < -0.4 is 11.2 Å². The van der Waals surface area contributed by atoms with Gasteiger partial charge in [0.2, 0.25) is 0 Å². The molecule has 0 radical (unpaired) electrons. The van der Waals surface area contributed by atoms with Gasteiger partial charge in [-0.3, -0.25) is 23.9 Å². The van der Waals surface area contributed by atoms with Crippen LogP contribution in [0.5, 0.6) is 0 Å². The maximum atomic E-state index is 13.6. The molecule has 0 amide bonds. The van der Waals surface area contributed by atoms with Gasteiger partial charge in [-0.2, -0.15) is 0 Å². The second kappa shape index (κ2) is 10.7. The zero-order valence-electron chi connectivity index (χ0n) is 25.3. The summed E-state index contributed by atoms with van der Waals surface area (Å²) in [4.78, 5) is 53.0. The van der Waals surface area contributed by atoms with Crippen molar-refractivity contribution in [3.63, 3.8) is 0 Å². The predicted octanol–water partition coefficient (Wildman–Crippen LogP) is 2.59. The molecule has 0 unspecified atom stereocenters. The number of hydrogen-bond donors (Lipinski definition) is 2. The third kappa shape index (κ3) is 4.79. The van der Waals surface area contributed by atoms with Gasteiger partial charge in [0.1, 0.15) is 18.4 Å². The van der Waals surface area contributed by atoms with Gasteiger partial charge in [0, 0.05) is 54.1 Å². The number of H-pyrrole nitrogens is 1. The summed E-state index contributed by atoms with van der Waals surface area (Å²) in [6, 6.07) is 0. The molecule has 2 bridgehead atoms. The molecule has 42 heavy (non-hydrogen) atoms. The van der Waals surface area contributed by atoms with Crippen LogP contribution in [-0.4, -0.2) is 53.6 Å². The summed E-state index contributed by atoms with van der Waals surface area (Å²) in [7, 11) is 0. The second-order valence-electron chi connectivity index (χ2n) is 13.5. The predicted molar refractivity (Wildman–Crippen MR) is 154 cm³/mol. The largest absolute Gasteiger partial charge is 0.460 e. The van der Waals surface area contributed by atoms with Crippen LogP contribution in [0.4, 0.5) is 0 Å². The fourth-order valence-electron chi connectivity index (χ4n) is 8.38. The molecule has 0 saturated heterocycles. The van der Waals surface area contributed by atoms with E-state index in [1.54, 1.807) is 19.2 Å². The van der Waals surface area contributed by atoms with Gasteiger partial charge in [-0.1, -0.05) is 39.0 Å². The minimum atomic E-state index is -0.723. The lowest BCUT2D eigenvalue weighted by atomic mass is 9.44. The molecule has 0 aromatic carbocycles. The highest BCUT2D eigenvalue weighted by atomic mass is 16.5. The Morgan fingerprint density at radius 1 is 1.24 bits per heavy atom. The smallest absolute Gasteiger partial charge is 0.328 e. The molecule has 8 atom stereocenters. The number of nitrogens with one attached hydrogen (secondary N) is 1. The SMILES string of the molecule is C=C[C@]1(C)C[C@@H](OC(=O)Cn2cc(CCn3cc(C)c(=O)[nH]c3=O)nn2)[C@]2(C)[C@H](C)CC[C@]3(CCC(=O)[C@@H]32)[C@@H](C)[C@@H]1O. The van der Waals surface area contributed by atoms with Crippen LogP contribution in [-0.2, 0) is 33.8 Å². The zero-order valence-corrected chi connectivity index (χ0v) is 25.3. The molecule has 2 N–H and O–H groups in total. The molecule has 3 fully saturated rings. The Morgan fingerprint density at radius 2 is 1.98 bits per heavy atom. The molecule has 2 heterocycles. The molecule has 228 valence electrons. The van der Waals surface area contributed by atoms with Crippen molar-refractivity contribution in [3.8, 4) is 0 Å². The highest BCUT2D eigenvalue weighted by Crippen LogP contribution is 2.68. The van der Waals surface area contributed by atoms with Crippen molar-refractivity contribution in [3.05, 3.63) is 57.1 Å². The molecule has 3 aliphatic carbocycles. The maximum Gasteiger partial charge on any atom is 0.328 e. The number of aliphatic hydroxyl groups is 1. The van der Waals surface area contributed by atoms with Crippen molar-refractivity contribution in [2.75, 3.05) is 0 Å². The summed E-state index contributed by atoms with van der Waals surface area (Å²) < 4.78 is 9.09. The van der Waals surface area contributed by atoms with Crippen LogP contribution in [0.1, 0.15) is 71.1 Å². The van der Waals surface area contributed by atoms with Crippen LogP contribution in [0.2, 0.25) is 0 Å². The minimum Gasteiger partial charge on any atom is -0.460 e. The molecule has 11 nitrogen and oxygen atoms in total. The number of carbonyl (C=O) groups is 2. The summed E-state index contributed by atoms with van der Waals surface area (Å²) in [6.07, 6.45) is 7.35. The van der Waals surface area contributed by atoms with Crippen LogP contribution in [0.3, 0.4) is 0 Å². The second-order valence-corrected chi connectivity index (χ2v) is 13.5. The average Bonchev–Trinajstić information content (AvgIpc) is 3.54. The van der Waals surface area contributed by atoms with Crippen molar-refractivity contribution >= 4 is 11.8 Å². The monoisotopic (exact) mass is 581 g/mol. The Morgan fingerprint density at radius 3 is 2.69 bits per heavy atom. The van der Waals surface area contributed by atoms with E-state index in [0.717, 1.165) is 19.3 Å². The lowest BCUT2D eigenvalue weighted by Crippen LogP contribution is -2.63. The maximum absolute atomic E-state index is 13.6. The molecule has 3 saturated carbocycles. The van der Waals surface area contributed by atoms with E-state index < -0.39 is 40.3 Å². The number of aliphatic hydroxyl groups excluding tert-OH is 1. The van der Waals surface area contributed by atoms with Gasteiger partial charge in [0.25, 0.3) is 5.56 Å². The lowest BCUT2D eigenvalue weighted by molar-refractivity contribution is -0.207. The fraction of sp³-hybridized carbons (Fsp3) is 0.677. The average molecular weight is 582 g/mol. The first kappa shape index (κ1) is 30.1. The van der Waals surface area contributed by atoms with E-state index >= 15 is 0 Å². The first-order valence-corrected chi connectivity index (χ1v) is 15.0. The van der Waals surface area contributed by atoms with E-state index in [0.29, 0.717) is 30.5 Å². The van der Waals surface area contributed by atoms with Crippen molar-refractivity contribution in [2.45, 2.75) is 98.4 Å². The number of rotatable bonds is 7. The van der Waals surface area contributed by atoms with E-state index in [4.69, 9.17) is 4.74 Å². The van der Waals surface area contributed by atoms with Gasteiger partial charge in [-0.05, 0) is 49.9 Å². The highest BCUT2D eigenvalue weighted by molar-refractivity contribution is 5.85. The van der Waals surface area contributed by atoms with E-state index in [1.165, 1.54) is 15.4 Å². The summed E-state index contributed by atoms with van der Waals surface area (Å²) in [5, 5.41) is 19.9. The van der Waals surface area contributed by atoms with Crippen molar-refractivity contribution in [1.29, 1.82) is 0 Å².